The van der Waals surface area contributed by atoms with E-state index in [4.69, 9.17) is 14.9 Å². The van der Waals surface area contributed by atoms with E-state index in [-0.39, 0.29) is 37.8 Å². The fourth-order valence-corrected chi connectivity index (χ4v) is 1.94. The van der Waals surface area contributed by atoms with Crippen molar-refractivity contribution in [3.8, 4) is 0 Å². The Balaban J connectivity index is 2.44. The summed E-state index contributed by atoms with van der Waals surface area (Å²) in [6.07, 6.45) is 0.169. The third-order valence-electron chi connectivity index (χ3n) is 2.74. The molecule has 4 nitrogen and oxygen atoms in total. The van der Waals surface area contributed by atoms with Crippen LogP contribution in [0.15, 0.2) is 0 Å². The summed E-state index contributed by atoms with van der Waals surface area (Å²) in [7, 11) is 0. The van der Waals surface area contributed by atoms with Crippen LogP contribution in [0.25, 0.3) is 0 Å². The van der Waals surface area contributed by atoms with Crippen LogP contribution in [0.1, 0.15) is 13.3 Å². The van der Waals surface area contributed by atoms with Crippen molar-refractivity contribution in [2.24, 2.45) is 11.8 Å². The average Bonchev–Trinajstić information content (AvgIpc) is 2.39. The molecule has 3 N–H and O–H groups in total. The van der Waals surface area contributed by atoms with Crippen molar-refractivity contribution in [3.05, 3.63) is 0 Å². The van der Waals surface area contributed by atoms with E-state index in [1.165, 1.54) is 0 Å². The molecule has 0 aromatic heterocycles. The SMILES string of the molecule is CC1CC(OCCO)[C@@H](CO)[C@H]1O. The summed E-state index contributed by atoms with van der Waals surface area (Å²) in [4.78, 5) is 0. The minimum Gasteiger partial charge on any atom is -0.396 e. The lowest BCUT2D eigenvalue weighted by Crippen LogP contribution is -2.30. The topological polar surface area (TPSA) is 69.9 Å². The molecular weight excluding hydrogens is 172 g/mol. The van der Waals surface area contributed by atoms with E-state index in [0.717, 1.165) is 6.42 Å². The Hall–Kier alpha value is -0.160. The highest BCUT2D eigenvalue weighted by atomic mass is 16.5. The fourth-order valence-electron chi connectivity index (χ4n) is 1.94. The maximum Gasteiger partial charge on any atom is 0.0701 e. The molecule has 0 aromatic carbocycles. The number of rotatable bonds is 4. The number of aliphatic hydroxyl groups is 3. The van der Waals surface area contributed by atoms with Gasteiger partial charge in [0.05, 0.1) is 32.0 Å². The molecule has 0 aliphatic heterocycles. The molecule has 13 heavy (non-hydrogen) atoms. The van der Waals surface area contributed by atoms with Crippen molar-refractivity contribution in [3.63, 3.8) is 0 Å². The Morgan fingerprint density at radius 2 is 2.08 bits per heavy atom. The molecule has 1 fully saturated rings. The first-order chi connectivity index (χ1) is 6.20. The van der Waals surface area contributed by atoms with Crippen LogP contribution >= 0.6 is 0 Å². The largest absolute Gasteiger partial charge is 0.396 e. The minimum atomic E-state index is -0.478. The second kappa shape index (κ2) is 4.91. The van der Waals surface area contributed by atoms with Gasteiger partial charge in [0.1, 0.15) is 0 Å². The second-order valence-electron chi connectivity index (χ2n) is 3.68. The third kappa shape index (κ3) is 2.40. The molecule has 0 spiro atoms. The zero-order valence-corrected chi connectivity index (χ0v) is 7.89. The number of hydrogen-bond donors (Lipinski definition) is 3. The van der Waals surface area contributed by atoms with Gasteiger partial charge < -0.3 is 20.1 Å². The Morgan fingerprint density at radius 1 is 1.38 bits per heavy atom. The monoisotopic (exact) mass is 190 g/mol. The summed E-state index contributed by atoms with van der Waals surface area (Å²) < 4.78 is 5.33. The molecule has 0 aromatic rings. The first-order valence-electron chi connectivity index (χ1n) is 4.72. The van der Waals surface area contributed by atoms with Crippen molar-refractivity contribution >= 4 is 0 Å². The van der Waals surface area contributed by atoms with Gasteiger partial charge in [-0.05, 0) is 12.3 Å². The molecule has 1 aliphatic carbocycles. The lowest BCUT2D eigenvalue weighted by molar-refractivity contribution is -0.0305. The van der Waals surface area contributed by atoms with Gasteiger partial charge in [-0.15, -0.1) is 0 Å². The minimum absolute atomic E-state index is 0.0148. The second-order valence-corrected chi connectivity index (χ2v) is 3.68. The zero-order valence-electron chi connectivity index (χ0n) is 7.89. The summed E-state index contributed by atoms with van der Waals surface area (Å²) in [6, 6.07) is 0. The molecule has 1 aliphatic rings. The van der Waals surface area contributed by atoms with Crippen molar-refractivity contribution in [2.75, 3.05) is 19.8 Å². The van der Waals surface area contributed by atoms with Gasteiger partial charge >= 0.3 is 0 Å². The molecule has 4 atom stereocenters. The Bertz CT molecular complexity index is 151. The van der Waals surface area contributed by atoms with Crippen molar-refractivity contribution in [1.29, 1.82) is 0 Å². The summed E-state index contributed by atoms with van der Waals surface area (Å²) in [5, 5.41) is 27.2. The smallest absolute Gasteiger partial charge is 0.0701 e. The first-order valence-corrected chi connectivity index (χ1v) is 4.72. The highest BCUT2D eigenvalue weighted by Crippen LogP contribution is 2.33. The van der Waals surface area contributed by atoms with E-state index in [9.17, 15) is 5.11 Å². The van der Waals surface area contributed by atoms with Gasteiger partial charge in [-0.3, -0.25) is 0 Å². The Kier molecular flexibility index (Phi) is 4.12. The van der Waals surface area contributed by atoms with Gasteiger partial charge in [-0.2, -0.15) is 0 Å². The Labute approximate surface area is 78.1 Å². The standard InChI is InChI=1S/C9H18O4/c1-6-4-8(13-3-2-10)7(5-11)9(6)12/h6-12H,2-5H2,1H3/t6?,7-,8?,9+/m1/s1. The highest BCUT2D eigenvalue weighted by Gasteiger charge is 2.40. The number of aliphatic hydroxyl groups excluding tert-OH is 3. The lowest BCUT2D eigenvalue weighted by atomic mass is 10.0. The third-order valence-corrected chi connectivity index (χ3v) is 2.74. The van der Waals surface area contributed by atoms with E-state index in [1.807, 2.05) is 6.92 Å². The van der Waals surface area contributed by atoms with Gasteiger partial charge in [0, 0.05) is 5.92 Å². The van der Waals surface area contributed by atoms with Crippen molar-refractivity contribution in [1.82, 2.24) is 0 Å². The summed E-state index contributed by atoms with van der Waals surface area (Å²) >= 11 is 0. The van der Waals surface area contributed by atoms with Gasteiger partial charge in [0.2, 0.25) is 0 Å². The predicted octanol–water partition coefficient (Wildman–Crippen LogP) is -0.627. The van der Waals surface area contributed by atoms with E-state index < -0.39 is 6.10 Å². The van der Waals surface area contributed by atoms with Crippen LogP contribution in [0.3, 0.4) is 0 Å². The highest BCUT2D eigenvalue weighted by molar-refractivity contribution is 4.89. The van der Waals surface area contributed by atoms with E-state index in [1.54, 1.807) is 0 Å². The first kappa shape index (κ1) is 10.9. The van der Waals surface area contributed by atoms with Crippen LogP contribution in [-0.2, 0) is 4.74 Å². The molecule has 4 heteroatoms. The predicted molar refractivity (Wildman–Crippen MR) is 47.2 cm³/mol. The normalized spacial score (nSPS) is 39.7. The van der Waals surface area contributed by atoms with E-state index >= 15 is 0 Å². The summed E-state index contributed by atoms with van der Waals surface area (Å²) in [5.74, 6) is -0.0256. The lowest BCUT2D eigenvalue weighted by Gasteiger charge is -2.19. The van der Waals surface area contributed by atoms with Crippen LogP contribution in [0.2, 0.25) is 0 Å². The fraction of sp³-hybridized carbons (Fsp3) is 1.00. The van der Waals surface area contributed by atoms with Crippen molar-refractivity contribution in [2.45, 2.75) is 25.6 Å². The molecule has 0 saturated heterocycles. The van der Waals surface area contributed by atoms with Gasteiger partial charge in [-0.1, -0.05) is 6.92 Å². The molecule has 0 bridgehead atoms. The summed E-state index contributed by atoms with van der Waals surface area (Å²) in [5.41, 5.74) is 0. The summed E-state index contributed by atoms with van der Waals surface area (Å²) in [6.45, 7) is 2.15. The Morgan fingerprint density at radius 3 is 2.62 bits per heavy atom. The van der Waals surface area contributed by atoms with Crippen LogP contribution in [0, 0.1) is 11.8 Å². The van der Waals surface area contributed by atoms with Gasteiger partial charge in [0.15, 0.2) is 0 Å². The van der Waals surface area contributed by atoms with Crippen molar-refractivity contribution < 1.29 is 20.1 Å². The number of ether oxygens (including phenoxy) is 1. The molecular formula is C9H18O4. The molecule has 2 unspecified atom stereocenters. The zero-order chi connectivity index (χ0) is 9.84. The van der Waals surface area contributed by atoms with E-state index in [2.05, 4.69) is 0 Å². The number of hydrogen-bond acceptors (Lipinski definition) is 4. The maximum absolute atomic E-state index is 9.62. The average molecular weight is 190 g/mol. The van der Waals surface area contributed by atoms with Crippen LogP contribution in [0.4, 0.5) is 0 Å². The quantitative estimate of drug-likeness (QED) is 0.552. The molecule has 1 rings (SSSR count). The van der Waals surface area contributed by atoms with E-state index in [0.29, 0.717) is 0 Å². The molecule has 0 heterocycles. The molecule has 1 saturated carbocycles. The maximum atomic E-state index is 9.62. The van der Waals surface area contributed by atoms with Gasteiger partial charge in [0.25, 0.3) is 0 Å². The van der Waals surface area contributed by atoms with Crippen LogP contribution in [0.5, 0.6) is 0 Å². The van der Waals surface area contributed by atoms with Gasteiger partial charge in [-0.25, -0.2) is 0 Å². The molecule has 78 valence electrons. The van der Waals surface area contributed by atoms with Crippen LogP contribution in [-0.4, -0.2) is 47.3 Å². The molecule has 0 amide bonds. The van der Waals surface area contributed by atoms with Crippen LogP contribution < -0.4 is 0 Å². The molecule has 0 radical (unpaired) electrons.